The number of H-pyrrole nitrogens is 1. The quantitative estimate of drug-likeness (QED) is 0.666. The summed E-state index contributed by atoms with van der Waals surface area (Å²) >= 11 is 5.35. The van der Waals surface area contributed by atoms with E-state index in [-0.39, 0.29) is 0 Å². The van der Waals surface area contributed by atoms with Crippen LogP contribution in [0.3, 0.4) is 0 Å². The maximum absolute atomic E-state index is 5.35. The summed E-state index contributed by atoms with van der Waals surface area (Å²) < 4.78 is 2.88. The fraction of sp³-hybridized carbons (Fsp3) is 0.538. The molecule has 0 spiro atoms. The summed E-state index contributed by atoms with van der Waals surface area (Å²) in [6.07, 6.45) is 2.29. The standard InChI is InChI=1S/C13H20N4S/c1-10-6-7-11-12(14-10)17(13(18)15-11)9-5-4-8-16(2)3/h6-7H,4-5,8-9H2,1-3H3,(H,15,18). The zero-order valence-corrected chi connectivity index (χ0v) is 12.0. The normalized spacial score (nSPS) is 11.6. The van der Waals surface area contributed by atoms with Gasteiger partial charge in [-0.25, -0.2) is 4.98 Å². The van der Waals surface area contributed by atoms with Crippen LogP contribution in [-0.4, -0.2) is 40.1 Å². The molecule has 5 heteroatoms. The minimum absolute atomic E-state index is 0.771. The average Bonchev–Trinajstić information content (AvgIpc) is 2.60. The van der Waals surface area contributed by atoms with E-state index < -0.39 is 0 Å². The Morgan fingerprint density at radius 2 is 2.11 bits per heavy atom. The molecule has 0 aliphatic rings. The lowest BCUT2D eigenvalue weighted by molar-refractivity contribution is 0.388. The molecule has 0 unspecified atom stereocenters. The van der Waals surface area contributed by atoms with Gasteiger partial charge in [0.2, 0.25) is 0 Å². The van der Waals surface area contributed by atoms with Gasteiger partial charge in [-0.2, -0.15) is 0 Å². The molecule has 0 saturated heterocycles. The zero-order valence-electron chi connectivity index (χ0n) is 11.2. The van der Waals surface area contributed by atoms with Crippen molar-refractivity contribution in [2.45, 2.75) is 26.3 Å². The second kappa shape index (κ2) is 5.63. The topological polar surface area (TPSA) is 36.9 Å². The van der Waals surface area contributed by atoms with E-state index in [0.717, 1.165) is 41.1 Å². The number of unbranched alkanes of at least 4 members (excludes halogenated alkanes) is 1. The van der Waals surface area contributed by atoms with Gasteiger partial charge in [0.15, 0.2) is 10.4 Å². The van der Waals surface area contributed by atoms with Crippen LogP contribution in [0.5, 0.6) is 0 Å². The molecule has 2 heterocycles. The molecule has 0 atom stereocenters. The van der Waals surface area contributed by atoms with E-state index in [1.54, 1.807) is 0 Å². The third kappa shape index (κ3) is 2.97. The largest absolute Gasteiger partial charge is 0.329 e. The summed E-state index contributed by atoms with van der Waals surface area (Å²) in [5.41, 5.74) is 3.03. The van der Waals surface area contributed by atoms with E-state index in [0.29, 0.717) is 0 Å². The van der Waals surface area contributed by atoms with Crippen LogP contribution in [0.4, 0.5) is 0 Å². The Labute approximate surface area is 113 Å². The second-order valence-electron chi connectivity index (χ2n) is 4.92. The minimum Gasteiger partial charge on any atom is -0.329 e. The molecule has 0 fully saturated rings. The Hall–Kier alpha value is -1.20. The lowest BCUT2D eigenvalue weighted by atomic mass is 10.3. The van der Waals surface area contributed by atoms with E-state index in [4.69, 9.17) is 12.2 Å². The lowest BCUT2D eigenvalue weighted by Gasteiger charge is -2.09. The van der Waals surface area contributed by atoms with Crippen molar-refractivity contribution in [1.29, 1.82) is 0 Å². The number of hydrogen-bond donors (Lipinski definition) is 1. The number of pyridine rings is 1. The van der Waals surface area contributed by atoms with Crippen LogP contribution in [0.2, 0.25) is 0 Å². The summed E-state index contributed by atoms with van der Waals surface area (Å²) in [4.78, 5) is 9.98. The van der Waals surface area contributed by atoms with Gasteiger partial charge in [0.1, 0.15) is 0 Å². The van der Waals surface area contributed by atoms with Crippen molar-refractivity contribution in [3.05, 3.63) is 22.6 Å². The number of fused-ring (bicyclic) bond motifs is 1. The molecule has 0 bridgehead atoms. The van der Waals surface area contributed by atoms with Gasteiger partial charge >= 0.3 is 0 Å². The van der Waals surface area contributed by atoms with Gasteiger partial charge in [0.05, 0.1) is 5.52 Å². The molecule has 98 valence electrons. The summed E-state index contributed by atoms with van der Waals surface area (Å²) in [7, 11) is 4.20. The molecule has 0 aliphatic heterocycles. The molecule has 0 aromatic carbocycles. The van der Waals surface area contributed by atoms with Crippen LogP contribution in [0.1, 0.15) is 18.5 Å². The van der Waals surface area contributed by atoms with Crippen molar-refractivity contribution in [2.75, 3.05) is 20.6 Å². The Bertz CT molecular complexity index is 582. The molecule has 1 N–H and O–H groups in total. The van der Waals surface area contributed by atoms with Gasteiger partial charge in [0, 0.05) is 12.2 Å². The number of hydrogen-bond acceptors (Lipinski definition) is 3. The summed E-state index contributed by atoms with van der Waals surface area (Å²) in [6, 6.07) is 4.05. The first-order valence-electron chi connectivity index (χ1n) is 6.29. The molecule has 2 aromatic heterocycles. The van der Waals surface area contributed by atoms with Gasteiger partial charge in [-0.1, -0.05) is 0 Å². The van der Waals surface area contributed by atoms with Crippen molar-refractivity contribution in [2.24, 2.45) is 0 Å². The van der Waals surface area contributed by atoms with Gasteiger partial charge in [-0.15, -0.1) is 0 Å². The lowest BCUT2D eigenvalue weighted by Crippen LogP contribution is -2.13. The van der Waals surface area contributed by atoms with Crippen molar-refractivity contribution < 1.29 is 0 Å². The highest BCUT2D eigenvalue weighted by Gasteiger charge is 2.05. The number of aromatic nitrogens is 3. The predicted molar refractivity (Wildman–Crippen MR) is 77.4 cm³/mol. The summed E-state index contributed by atoms with van der Waals surface area (Å²) in [6.45, 7) is 4.05. The number of rotatable bonds is 5. The molecule has 0 radical (unpaired) electrons. The molecule has 4 nitrogen and oxygen atoms in total. The van der Waals surface area contributed by atoms with Gasteiger partial charge < -0.3 is 14.5 Å². The van der Waals surface area contributed by atoms with Gasteiger partial charge in [0.25, 0.3) is 0 Å². The fourth-order valence-electron chi connectivity index (χ4n) is 2.03. The SMILES string of the molecule is Cc1ccc2[nH]c(=S)n(CCCCN(C)C)c2n1. The van der Waals surface area contributed by atoms with Crippen molar-refractivity contribution >= 4 is 23.4 Å². The first-order valence-corrected chi connectivity index (χ1v) is 6.69. The molecule has 0 saturated carbocycles. The van der Waals surface area contributed by atoms with E-state index in [1.807, 2.05) is 19.1 Å². The van der Waals surface area contributed by atoms with E-state index >= 15 is 0 Å². The Balaban J connectivity index is 2.14. The third-order valence-electron chi connectivity index (χ3n) is 2.99. The highest BCUT2D eigenvalue weighted by atomic mass is 32.1. The molecule has 18 heavy (non-hydrogen) atoms. The first-order chi connectivity index (χ1) is 8.58. The second-order valence-corrected chi connectivity index (χ2v) is 5.30. The van der Waals surface area contributed by atoms with Crippen LogP contribution in [-0.2, 0) is 6.54 Å². The Morgan fingerprint density at radius 1 is 1.33 bits per heavy atom. The monoisotopic (exact) mass is 264 g/mol. The molecule has 2 rings (SSSR count). The molecule has 0 aliphatic carbocycles. The average molecular weight is 264 g/mol. The summed E-state index contributed by atoms with van der Waals surface area (Å²) in [5, 5.41) is 0. The highest BCUT2D eigenvalue weighted by Crippen LogP contribution is 2.13. The first kappa shape index (κ1) is 13.2. The van der Waals surface area contributed by atoms with Crippen LogP contribution < -0.4 is 0 Å². The number of aryl methyl sites for hydroxylation is 2. The van der Waals surface area contributed by atoms with Crippen LogP contribution in [0.15, 0.2) is 12.1 Å². The van der Waals surface area contributed by atoms with Gasteiger partial charge in [-0.3, -0.25) is 0 Å². The van der Waals surface area contributed by atoms with Crippen LogP contribution in [0, 0.1) is 11.7 Å². The van der Waals surface area contributed by atoms with E-state index in [2.05, 4.69) is 33.5 Å². The maximum Gasteiger partial charge on any atom is 0.179 e. The Morgan fingerprint density at radius 3 is 2.83 bits per heavy atom. The number of nitrogens with zero attached hydrogens (tertiary/aromatic N) is 3. The van der Waals surface area contributed by atoms with Crippen molar-refractivity contribution in [3.8, 4) is 0 Å². The highest BCUT2D eigenvalue weighted by molar-refractivity contribution is 7.71. The van der Waals surface area contributed by atoms with Crippen molar-refractivity contribution in [1.82, 2.24) is 19.4 Å². The van der Waals surface area contributed by atoms with Crippen LogP contribution >= 0.6 is 12.2 Å². The number of aromatic amines is 1. The maximum atomic E-state index is 5.35. The number of nitrogens with one attached hydrogen (secondary N) is 1. The smallest absolute Gasteiger partial charge is 0.179 e. The molecule has 0 amide bonds. The Kier molecular flexibility index (Phi) is 4.14. The van der Waals surface area contributed by atoms with Crippen LogP contribution in [0.25, 0.3) is 11.2 Å². The minimum atomic E-state index is 0.771. The zero-order chi connectivity index (χ0) is 13.1. The van der Waals surface area contributed by atoms with Crippen molar-refractivity contribution in [3.63, 3.8) is 0 Å². The van der Waals surface area contributed by atoms with Gasteiger partial charge in [-0.05, 0) is 64.8 Å². The molecular weight excluding hydrogens is 244 g/mol. The van der Waals surface area contributed by atoms with E-state index in [1.165, 1.54) is 6.42 Å². The number of imidazole rings is 1. The molecular formula is C13H20N4S. The van der Waals surface area contributed by atoms with E-state index in [9.17, 15) is 0 Å². The molecule has 2 aromatic rings. The fourth-order valence-corrected chi connectivity index (χ4v) is 2.32. The third-order valence-corrected chi connectivity index (χ3v) is 3.32. The predicted octanol–water partition coefficient (Wildman–Crippen LogP) is 2.74. The summed E-state index contributed by atoms with van der Waals surface area (Å²) in [5.74, 6) is 0.